The van der Waals surface area contributed by atoms with Crippen molar-refractivity contribution in [3.8, 4) is 0 Å². The highest BCUT2D eigenvalue weighted by Gasteiger charge is 2.48. The fourth-order valence-electron chi connectivity index (χ4n) is 5.61. The summed E-state index contributed by atoms with van der Waals surface area (Å²) in [4.78, 5) is 35.6. The first-order valence-electron chi connectivity index (χ1n) is 13.1. The number of nitrogens with one attached hydrogen (secondary N) is 5. The Labute approximate surface area is 251 Å². The number of H-pyrrole nitrogens is 1. The van der Waals surface area contributed by atoms with Gasteiger partial charge in [-0.05, 0) is 24.4 Å². The van der Waals surface area contributed by atoms with Crippen molar-refractivity contribution in [2.45, 2.75) is 49.0 Å². The smallest absolute Gasteiger partial charge is 0.280 e. The van der Waals surface area contributed by atoms with Crippen LogP contribution in [0.4, 0.5) is 11.8 Å². The van der Waals surface area contributed by atoms with E-state index in [1.54, 1.807) is 4.57 Å². The van der Waals surface area contributed by atoms with Gasteiger partial charge in [0.05, 0.1) is 18.7 Å². The van der Waals surface area contributed by atoms with E-state index in [4.69, 9.17) is 45.4 Å². The highest BCUT2D eigenvalue weighted by molar-refractivity contribution is 7.80. The Hall–Kier alpha value is -4.28. The number of imidazole rings is 2. The quantitative estimate of drug-likeness (QED) is 0.0965. The lowest BCUT2D eigenvalue weighted by atomic mass is 10.1. The Bertz CT molecular complexity index is 1790. The summed E-state index contributed by atoms with van der Waals surface area (Å²) in [6.07, 6.45) is -1.18. The number of aliphatic hydroxyl groups excluding tert-OH is 2. The third-order valence-electron chi connectivity index (χ3n) is 7.65. The van der Waals surface area contributed by atoms with Gasteiger partial charge < -0.3 is 52.4 Å². The molecule has 7 rings (SSSR count). The number of rotatable bonds is 2. The molecule has 7 heterocycles. The van der Waals surface area contributed by atoms with Crippen LogP contribution in [0.2, 0.25) is 0 Å². The van der Waals surface area contributed by atoms with Gasteiger partial charge in [0.1, 0.15) is 42.3 Å². The fraction of sp³-hybridized carbons (Fsp3) is 0.455. The second-order valence-corrected chi connectivity index (χ2v) is 11.0. The lowest BCUT2D eigenvalue weighted by Gasteiger charge is -2.26. The van der Waals surface area contributed by atoms with Gasteiger partial charge in [-0.15, -0.1) is 0 Å². The molecule has 3 aliphatic rings. The Morgan fingerprint density at radius 3 is 2.26 bits per heavy atom. The SMILES string of the molecule is Nc1nc2c(ncn2[C@@H]2O[C@@H]3CNC(=S)NC4C(O)[C@H](n5cnc6c(N)ncnc65)O[C@@H]4CNC(=S)NC2C3O)c(=O)[nH]1. The first-order valence-corrected chi connectivity index (χ1v) is 13.9. The highest BCUT2D eigenvalue weighted by atomic mass is 32.1. The summed E-state index contributed by atoms with van der Waals surface area (Å²) in [7, 11) is 0. The molecule has 0 spiro atoms. The van der Waals surface area contributed by atoms with Gasteiger partial charge in [-0.2, -0.15) is 4.98 Å². The monoisotopic (exact) mass is 630 g/mol. The number of nitrogens with zero attached hydrogens (tertiary/aromatic N) is 7. The third kappa shape index (κ3) is 4.65. The molecule has 4 aromatic rings. The zero-order valence-corrected chi connectivity index (χ0v) is 23.6. The van der Waals surface area contributed by atoms with E-state index in [-0.39, 0.29) is 46.2 Å². The number of aromatic nitrogens is 8. The summed E-state index contributed by atoms with van der Waals surface area (Å²) in [5.41, 5.74) is 12.2. The molecule has 0 aliphatic carbocycles. The summed E-state index contributed by atoms with van der Waals surface area (Å²) in [5.74, 6) is 0.106. The van der Waals surface area contributed by atoms with E-state index in [1.165, 1.54) is 23.5 Å². The van der Waals surface area contributed by atoms with Crippen molar-refractivity contribution < 1.29 is 19.7 Å². The molecular weight excluding hydrogens is 604 g/mol. The first-order chi connectivity index (χ1) is 20.7. The molecule has 11 N–H and O–H groups in total. The van der Waals surface area contributed by atoms with Crippen LogP contribution in [0.3, 0.4) is 0 Å². The van der Waals surface area contributed by atoms with Crippen LogP contribution in [0.25, 0.3) is 22.3 Å². The van der Waals surface area contributed by atoms with Crippen molar-refractivity contribution in [3.05, 3.63) is 29.3 Å². The number of nitrogens with two attached hydrogens (primary N) is 2. The van der Waals surface area contributed by atoms with Gasteiger partial charge in [0.2, 0.25) is 5.95 Å². The molecule has 19 nitrogen and oxygen atoms in total. The molecule has 226 valence electrons. The van der Waals surface area contributed by atoms with Gasteiger partial charge in [0.15, 0.2) is 45.3 Å². The second-order valence-electron chi connectivity index (χ2n) is 10.2. The molecule has 0 saturated carbocycles. The lowest BCUT2D eigenvalue weighted by Crippen LogP contribution is -2.54. The van der Waals surface area contributed by atoms with E-state index >= 15 is 0 Å². The van der Waals surface area contributed by atoms with Crippen molar-refractivity contribution in [1.29, 1.82) is 0 Å². The van der Waals surface area contributed by atoms with E-state index in [9.17, 15) is 15.0 Å². The van der Waals surface area contributed by atoms with Gasteiger partial charge in [0, 0.05) is 13.1 Å². The van der Waals surface area contributed by atoms with E-state index in [0.717, 1.165) is 0 Å². The fourth-order valence-corrected chi connectivity index (χ4v) is 6.05. The molecule has 0 radical (unpaired) electrons. The van der Waals surface area contributed by atoms with Crippen molar-refractivity contribution in [2.75, 3.05) is 24.6 Å². The largest absolute Gasteiger partial charge is 0.388 e. The van der Waals surface area contributed by atoms with Gasteiger partial charge in [-0.3, -0.25) is 18.9 Å². The van der Waals surface area contributed by atoms with Crippen LogP contribution >= 0.6 is 24.4 Å². The summed E-state index contributed by atoms with van der Waals surface area (Å²) in [5, 5.41) is 35.3. The van der Waals surface area contributed by atoms with Crippen LogP contribution in [-0.4, -0.2) is 109 Å². The molecule has 3 saturated heterocycles. The minimum Gasteiger partial charge on any atom is -0.388 e. The number of hydrogen-bond acceptors (Lipinski definition) is 14. The lowest BCUT2D eigenvalue weighted by molar-refractivity contribution is -0.0332. The Kier molecular flexibility index (Phi) is 6.70. The van der Waals surface area contributed by atoms with Crippen LogP contribution in [0, 0.1) is 0 Å². The zero-order valence-electron chi connectivity index (χ0n) is 22.0. The van der Waals surface area contributed by atoms with E-state index in [1.807, 2.05) is 0 Å². The zero-order chi connectivity index (χ0) is 30.0. The standard InChI is InChI=1S/C22H26N14O5S2/c23-14-10-15(28-3-27-14)35(4-29-10)19-13(38)8-6(40-19)1-25-22(43)32-9-12(37)7(2-26-21(42)31-8)41-18(9)36-5-30-11-16(36)33-20(24)34-17(11)39/h3-9,12-13,18-19,37-38H,1-2H2,(H2,23,27,28)(H2,25,32,43)(H2,26,31,42)(H3,24,33,34,39)/t6-,7-,8?,9?,12?,13?,18-,19-/m1/s1. The van der Waals surface area contributed by atoms with Gasteiger partial charge in [-0.25, -0.2) is 19.9 Å². The molecule has 21 heteroatoms. The molecule has 4 unspecified atom stereocenters. The number of nitrogen functional groups attached to an aromatic ring is 2. The molecule has 8 atom stereocenters. The van der Waals surface area contributed by atoms with Crippen LogP contribution in [-0.2, 0) is 9.47 Å². The van der Waals surface area contributed by atoms with Crippen molar-refractivity contribution in [2.24, 2.45) is 0 Å². The second kappa shape index (κ2) is 10.5. The van der Waals surface area contributed by atoms with Crippen molar-refractivity contribution in [3.63, 3.8) is 0 Å². The topological polar surface area (TPSA) is 266 Å². The molecule has 43 heavy (non-hydrogen) atoms. The van der Waals surface area contributed by atoms with E-state index < -0.39 is 54.5 Å². The predicted molar refractivity (Wildman–Crippen MR) is 157 cm³/mol. The molecule has 4 aromatic heterocycles. The van der Waals surface area contributed by atoms with Crippen molar-refractivity contribution in [1.82, 2.24) is 60.3 Å². The predicted octanol–water partition coefficient (Wildman–Crippen LogP) is -3.68. The summed E-state index contributed by atoms with van der Waals surface area (Å²) < 4.78 is 15.6. The Morgan fingerprint density at radius 1 is 0.837 bits per heavy atom. The van der Waals surface area contributed by atoms with Gasteiger partial charge in [0.25, 0.3) is 5.56 Å². The number of anilines is 2. The minimum atomic E-state index is -1.09. The summed E-state index contributed by atoms with van der Waals surface area (Å²) in [6.45, 7) is 0.230. The van der Waals surface area contributed by atoms with E-state index in [2.05, 4.69) is 51.2 Å². The molecule has 3 fully saturated rings. The maximum atomic E-state index is 12.3. The van der Waals surface area contributed by atoms with Gasteiger partial charge in [-0.1, -0.05) is 0 Å². The molecule has 0 aromatic carbocycles. The van der Waals surface area contributed by atoms with Crippen LogP contribution in [0.15, 0.2) is 23.8 Å². The molecule has 2 bridgehead atoms. The number of thiocarbonyl (C=S) groups is 2. The highest BCUT2D eigenvalue weighted by Crippen LogP contribution is 2.33. The third-order valence-corrected chi connectivity index (χ3v) is 8.18. The first kappa shape index (κ1) is 27.5. The van der Waals surface area contributed by atoms with Crippen LogP contribution < -0.4 is 38.3 Å². The number of aromatic amines is 1. The number of ether oxygens (including phenoxy) is 2. The Balaban J connectivity index is 1.16. The molecular formula is C22H26N14O5S2. The number of hydrogen-bond donors (Lipinski definition) is 9. The maximum absolute atomic E-state index is 12.3. The Morgan fingerprint density at radius 2 is 1.49 bits per heavy atom. The normalized spacial score (nSPS) is 31.3. The van der Waals surface area contributed by atoms with Gasteiger partial charge >= 0.3 is 0 Å². The van der Waals surface area contributed by atoms with E-state index in [0.29, 0.717) is 11.2 Å². The average Bonchev–Trinajstić information content (AvgIpc) is 3.72. The minimum absolute atomic E-state index is 0.0606. The molecule has 0 amide bonds. The number of fused-ring (bicyclic) bond motifs is 5. The summed E-state index contributed by atoms with van der Waals surface area (Å²) in [6, 6.07) is -1.48. The number of aliphatic hydroxyl groups is 2. The average molecular weight is 631 g/mol. The molecule has 3 aliphatic heterocycles. The van der Waals surface area contributed by atoms with Crippen molar-refractivity contribution >= 4 is 68.8 Å². The maximum Gasteiger partial charge on any atom is 0.280 e. The summed E-state index contributed by atoms with van der Waals surface area (Å²) >= 11 is 11.1. The van der Waals surface area contributed by atoms with Crippen LogP contribution in [0.1, 0.15) is 12.5 Å². The van der Waals surface area contributed by atoms with Crippen LogP contribution in [0.5, 0.6) is 0 Å².